The van der Waals surface area contributed by atoms with Gasteiger partial charge in [-0.25, -0.2) is 14.8 Å². The summed E-state index contributed by atoms with van der Waals surface area (Å²) in [7, 11) is 4.28. The molecule has 0 spiro atoms. The van der Waals surface area contributed by atoms with Gasteiger partial charge < -0.3 is 34.5 Å². The Morgan fingerprint density at radius 1 is 0.900 bits per heavy atom. The number of hydrogen-bond acceptors (Lipinski definition) is 10. The number of allylic oxidation sites excluding steroid dienone is 1. The zero-order chi connectivity index (χ0) is 39.9. The Kier molecular flexibility index (Phi) is 20.4. The molecule has 328 valence electrons. The van der Waals surface area contributed by atoms with Gasteiger partial charge in [-0.3, -0.25) is 14.6 Å². The molecule has 2 N–H and O–H groups in total. The van der Waals surface area contributed by atoms with Crippen molar-refractivity contribution in [3.05, 3.63) is 65.1 Å². The maximum atomic E-state index is 13.6. The molecule has 0 saturated carbocycles. The highest BCUT2D eigenvalue weighted by molar-refractivity contribution is 7.59. The molecular formula is C42H59N7O7S4. The van der Waals surface area contributed by atoms with Crippen molar-refractivity contribution >= 4 is 101 Å². The molecule has 2 aromatic carbocycles. The molecule has 3 amide bonds. The van der Waals surface area contributed by atoms with Gasteiger partial charge >= 0.3 is 6.09 Å². The molecule has 2 saturated heterocycles. The number of carbonyl (C=O) groups excluding carboxylic acids is 3. The van der Waals surface area contributed by atoms with Gasteiger partial charge in [-0.1, -0.05) is 51.7 Å². The zero-order valence-corrected chi connectivity index (χ0v) is 39.1. The first-order valence-electron chi connectivity index (χ1n) is 19.1. The first kappa shape index (κ1) is 51.9. The van der Waals surface area contributed by atoms with Crippen LogP contribution in [0.15, 0.2) is 52.6 Å². The second-order valence-corrected chi connectivity index (χ2v) is 14.9. The third-order valence-electron chi connectivity index (χ3n) is 10.6. The molecule has 2 fully saturated rings. The van der Waals surface area contributed by atoms with Gasteiger partial charge in [0.25, 0.3) is 0 Å². The molecule has 14 nitrogen and oxygen atoms in total. The Labute approximate surface area is 380 Å². The SMILES string of the molecule is COOC=N[C@H](C(=O)N1CCC[C@H]1C1=NC=C(c2ccc(C#Cc3cc4[nH]c([C@@H]5CCCN5C(=O)[C@@H](NC(=O)OC)C(C)C)nc4cc3OC)cc2)C1)C(C)C.S.S.S.S. The third-order valence-corrected chi connectivity index (χ3v) is 10.6. The topological polar surface area (TPSA) is 160 Å². The number of rotatable bonds is 12. The van der Waals surface area contributed by atoms with Gasteiger partial charge in [0.05, 0.1) is 50.0 Å². The van der Waals surface area contributed by atoms with E-state index in [0.717, 1.165) is 53.6 Å². The minimum atomic E-state index is -0.712. The molecule has 60 heavy (non-hydrogen) atoms. The summed E-state index contributed by atoms with van der Waals surface area (Å²) in [6.45, 7) is 8.96. The van der Waals surface area contributed by atoms with Crippen molar-refractivity contribution in [2.75, 3.05) is 34.4 Å². The average Bonchev–Trinajstić information content (AvgIpc) is 4.03. The normalized spacial score (nSPS) is 17.9. The molecule has 0 aliphatic carbocycles. The molecule has 0 bridgehead atoms. The molecule has 6 rings (SSSR count). The van der Waals surface area contributed by atoms with Crippen LogP contribution in [0.5, 0.6) is 5.75 Å². The van der Waals surface area contributed by atoms with Crippen molar-refractivity contribution in [1.82, 2.24) is 25.1 Å². The number of nitrogens with one attached hydrogen (secondary N) is 2. The van der Waals surface area contributed by atoms with E-state index in [1.54, 1.807) is 12.0 Å². The van der Waals surface area contributed by atoms with Gasteiger partial charge in [-0.15, -0.1) is 0 Å². The quantitative estimate of drug-likeness (QED) is 0.0708. The number of likely N-dealkylation sites (tertiary alicyclic amines) is 2. The van der Waals surface area contributed by atoms with E-state index in [-0.39, 0.29) is 89.7 Å². The summed E-state index contributed by atoms with van der Waals surface area (Å²) in [6, 6.07) is 10.3. The van der Waals surface area contributed by atoms with E-state index in [2.05, 4.69) is 32.0 Å². The Bertz CT molecular complexity index is 2100. The summed E-state index contributed by atoms with van der Waals surface area (Å²) in [5, 5.41) is 2.69. The number of ether oxygens (including phenoxy) is 2. The number of alkyl carbamates (subject to hydrolysis) is 1. The molecule has 4 atom stereocenters. The Hall–Kier alpha value is -4.28. The van der Waals surface area contributed by atoms with E-state index in [9.17, 15) is 14.4 Å². The number of amides is 3. The predicted molar refractivity (Wildman–Crippen MR) is 254 cm³/mol. The second-order valence-electron chi connectivity index (χ2n) is 14.9. The summed E-state index contributed by atoms with van der Waals surface area (Å²) < 4.78 is 10.5. The third kappa shape index (κ3) is 11.8. The van der Waals surface area contributed by atoms with Crippen LogP contribution in [0.3, 0.4) is 0 Å². The Morgan fingerprint density at radius 2 is 1.57 bits per heavy atom. The van der Waals surface area contributed by atoms with Crippen LogP contribution in [-0.4, -0.2) is 102 Å². The minimum absolute atomic E-state index is 0. The van der Waals surface area contributed by atoms with Crippen LogP contribution in [0, 0.1) is 23.7 Å². The monoisotopic (exact) mass is 901 g/mol. The van der Waals surface area contributed by atoms with Gasteiger partial charge in [0, 0.05) is 43.1 Å². The number of hydrogen-bond donors (Lipinski definition) is 2. The summed E-state index contributed by atoms with van der Waals surface area (Å²) in [5.74, 6) is 7.50. The van der Waals surface area contributed by atoms with Crippen LogP contribution in [0.25, 0.3) is 16.6 Å². The standard InChI is InChI=1S/C42H51N7O7.4H2S/c1-25(2)37(44-24-56-55-7)40(50)48-18-8-10-34(48)33-21-30(23-43-33)28-15-12-27(13-16-28)14-17-29-20-31-32(22-36(29)53-5)46-39(45-31)35-11-9-19-49(35)41(51)38(26(3)4)47-42(52)54-6;;;;/h12-13,15-16,20,22-26,34-35,37-38H,8-11,18-19,21H2,1-7H3,(H,45,46)(H,47,52);4*1H2/t34-,35-,37-,38-;;;;/m0..../s1. The highest BCUT2D eigenvalue weighted by Gasteiger charge is 2.39. The lowest BCUT2D eigenvalue weighted by Gasteiger charge is -2.29. The van der Waals surface area contributed by atoms with Crippen LogP contribution in [0.4, 0.5) is 4.79 Å². The first-order valence-corrected chi connectivity index (χ1v) is 19.1. The summed E-state index contributed by atoms with van der Waals surface area (Å²) >= 11 is 0. The van der Waals surface area contributed by atoms with E-state index < -0.39 is 18.2 Å². The summed E-state index contributed by atoms with van der Waals surface area (Å²) in [4.78, 5) is 69.7. The maximum Gasteiger partial charge on any atom is 0.407 e. The van der Waals surface area contributed by atoms with E-state index >= 15 is 0 Å². The van der Waals surface area contributed by atoms with Gasteiger partial charge in [-0.05, 0) is 66.9 Å². The van der Waals surface area contributed by atoms with Crippen molar-refractivity contribution in [3.63, 3.8) is 0 Å². The fraction of sp³-hybridized carbons (Fsp3) is 0.476. The van der Waals surface area contributed by atoms with Crippen LogP contribution >= 0.6 is 54.0 Å². The molecule has 3 aliphatic rings. The number of aromatic amines is 1. The highest BCUT2D eigenvalue weighted by atomic mass is 32.1. The van der Waals surface area contributed by atoms with E-state index in [1.807, 2.05) is 75.2 Å². The van der Waals surface area contributed by atoms with Gasteiger partial charge in [0.15, 0.2) is 0 Å². The molecule has 3 aliphatic heterocycles. The van der Waals surface area contributed by atoms with Gasteiger partial charge in [0.1, 0.15) is 23.7 Å². The van der Waals surface area contributed by atoms with Crippen molar-refractivity contribution in [1.29, 1.82) is 0 Å². The Morgan fingerprint density at radius 3 is 2.18 bits per heavy atom. The number of carbonyl (C=O) groups is 3. The highest BCUT2D eigenvalue weighted by Crippen LogP contribution is 2.35. The molecule has 4 heterocycles. The van der Waals surface area contributed by atoms with E-state index in [4.69, 9.17) is 24.3 Å². The van der Waals surface area contributed by atoms with Crippen molar-refractivity contribution < 1.29 is 33.6 Å². The van der Waals surface area contributed by atoms with Gasteiger partial charge in [0.2, 0.25) is 18.2 Å². The van der Waals surface area contributed by atoms with Crippen LogP contribution in [0.2, 0.25) is 0 Å². The smallest absolute Gasteiger partial charge is 0.407 e. The average molecular weight is 902 g/mol. The largest absolute Gasteiger partial charge is 0.495 e. The number of H-pyrrole nitrogens is 1. The molecule has 0 radical (unpaired) electrons. The van der Waals surface area contributed by atoms with Crippen molar-refractivity contribution in [3.8, 4) is 17.6 Å². The number of aliphatic imine (C=N–C) groups is 2. The van der Waals surface area contributed by atoms with Crippen LogP contribution in [0.1, 0.15) is 88.4 Å². The molecule has 1 aromatic heterocycles. The lowest BCUT2D eigenvalue weighted by Crippen LogP contribution is -2.51. The van der Waals surface area contributed by atoms with E-state index in [1.165, 1.54) is 20.6 Å². The molecule has 18 heteroatoms. The Balaban J connectivity index is 0.00000310. The molecule has 0 unspecified atom stereocenters. The number of imidazole rings is 1. The fourth-order valence-electron chi connectivity index (χ4n) is 7.61. The van der Waals surface area contributed by atoms with Crippen molar-refractivity contribution in [2.24, 2.45) is 21.8 Å². The lowest BCUT2D eigenvalue weighted by molar-refractivity contribution is -0.188. The number of benzene rings is 2. The van der Waals surface area contributed by atoms with E-state index in [0.29, 0.717) is 42.2 Å². The van der Waals surface area contributed by atoms with Crippen molar-refractivity contribution in [2.45, 2.75) is 84.0 Å². The van der Waals surface area contributed by atoms with Gasteiger partial charge in [-0.2, -0.15) is 58.9 Å². The fourth-order valence-corrected chi connectivity index (χ4v) is 7.61. The minimum Gasteiger partial charge on any atom is -0.495 e. The summed E-state index contributed by atoms with van der Waals surface area (Å²) in [6.07, 6.45) is 6.47. The number of fused-ring (bicyclic) bond motifs is 1. The second kappa shape index (κ2) is 23.6. The molecular weight excluding hydrogens is 843 g/mol. The summed E-state index contributed by atoms with van der Waals surface area (Å²) in [5.41, 5.74) is 6.16. The molecule has 3 aromatic rings. The number of methoxy groups -OCH3 is 2. The predicted octanol–water partition coefficient (Wildman–Crippen LogP) is 6.27. The lowest BCUT2D eigenvalue weighted by atomic mass is 9.97. The maximum absolute atomic E-state index is 13.6. The number of nitrogens with zero attached hydrogens (tertiary/aromatic N) is 5. The van der Waals surface area contributed by atoms with Crippen LogP contribution in [-0.2, 0) is 24.1 Å². The van der Waals surface area contributed by atoms with Crippen LogP contribution < -0.4 is 10.1 Å². The first-order chi connectivity index (χ1) is 27.0. The zero-order valence-electron chi connectivity index (χ0n) is 35.1. The number of aromatic nitrogens is 2.